The molecule has 16 aromatic rings. The van der Waals surface area contributed by atoms with Crippen molar-refractivity contribution in [3.63, 3.8) is 0 Å². The van der Waals surface area contributed by atoms with E-state index in [-0.39, 0.29) is 106 Å². The molecule has 0 radical (unpaired) electrons. The summed E-state index contributed by atoms with van der Waals surface area (Å²) in [5, 5.41) is -1.75. The van der Waals surface area contributed by atoms with Crippen LogP contribution in [-0.4, -0.2) is 15.8 Å². The van der Waals surface area contributed by atoms with E-state index in [1.165, 1.54) is 43.2 Å². The molecule has 4 nitrogen and oxygen atoms in total. The van der Waals surface area contributed by atoms with Crippen LogP contribution in [0, 0.1) is 0 Å². The Balaban J connectivity index is 1.27. The van der Waals surface area contributed by atoms with Crippen LogP contribution in [0.1, 0.15) is 285 Å². The number of fused-ring (bicyclic) bond motifs is 10. The number of nitrogens with zero attached hydrogens (tertiary/aromatic N) is 4. The van der Waals surface area contributed by atoms with Crippen molar-refractivity contribution in [2.75, 3.05) is 9.80 Å². The van der Waals surface area contributed by atoms with Crippen molar-refractivity contribution in [3.05, 3.63) is 328 Å². The number of aromatic nitrogens is 2. The Bertz CT molecular complexity index is 8910. The van der Waals surface area contributed by atoms with Gasteiger partial charge in [-0.1, -0.05) is 386 Å². The van der Waals surface area contributed by atoms with Crippen LogP contribution in [-0.2, 0) is 48.7 Å². The van der Waals surface area contributed by atoms with Crippen LogP contribution in [0.25, 0.3) is 111 Å². The third-order valence-electron chi connectivity index (χ3n) is 24.0. The highest BCUT2D eigenvalue weighted by atomic mass is 15.2. The zero-order valence-corrected chi connectivity index (χ0v) is 76.7. The third kappa shape index (κ3) is 14.8. The van der Waals surface area contributed by atoms with Crippen molar-refractivity contribution >= 4 is 101 Å². The molecule has 0 N–H and O–H groups in total. The third-order valence-corrected chi connectivity index (χ3v) is 24.0. The molecule has 5 heteroatoms. The highest BCUT2D eigenvalue weighted by Crippen LogP contribution is 2.58. The van der Waals surface area contributed by atoms with Gasteiger partial charge in [0.05, 0.1) is 87.1 Å². The average Bonchev–Trinajstić information content (AvgIpc) is 0.967. The van der Waals surface area contributed by atoms with Crippen molar-refractivity contribution in [3.8, 4) is 67.0 Å². The zero-order valence-electron chi connectivity index (χ0n) is 112. The summed E-state index contributed by atoms with van der Waals surface area (Å²) < 4.78 is 370. The van der Waals surface area contributed by atoms with Crippen molar-refractivity contribution in [2.45, 2.75) is 236 Å². The summed E-state index contributed by atoms with van der Waals surface area (Å²) in [6.07, 6.45) is 0. The largest absolute Gasteiger partial charge is 0.310 e. The molecule has 0 saturated carbocycles. The zero-order chi connectivity index (χ0) is 119. The fraction of sp³-hybridized carbons (Fsp3) is 0.300. The van der Waals surface area contributed by atoms with Crippen molar-refractivity contribution in [1.82, 2.24) is 9.13 Å². The van der Waals surface area contributed by atoms with Crippen LogP contribution in [0.2, 0.25) is 0 Å². The predicted molar refractivity (Wildman–Crippen MR) is 545 cm³/mol. The smallest absolute Gasteiger partial charge is 0.252 e. The molecule has 4 heterocycles. The predicted octanol–water partition coefficient (Wildman–Crippen LogP) is 32.0. The van der Waals surface area contributed by atoms with Gasteiger partial charge in [-0.3, -0.25) is 0 Å². The fourth-order valence-electron chi connectivity index (χ4n) is 17.1. The first-order chi connectivity index (χ1) is 73.3. The number of para-hydroxylation sites is 4. The molecule has 2 aliphatic rings. The maximum Gasteiger partial charge on any atom is 0.252 e. The van der Waals surface area contributed by atoms with E-state index in [0.29, 0.717) is 11.1 Å². The molecule has 18 rings (SSSR count). The first kappa shape index (κ1) is 52.3. The van der Waals surface area contributed by atoms with Gasteiger partial charge >= 0.3 is 0 Å². The standard InChI is InChI=1S/C120H127BN4/c1-112(2,3)78-53-48-74(49-54-78)93-66-83(117(16,17)18)67-94(75-50-55-79(56-51-75)113(4,5)6)110(93)124-105-64-76(77-62-81(115(10,11)12)65-82(63-77)116(13,14)15)52-60-99(105)121-100-61-58-85(122-101-44-34-29-39-89(101)90-40-30-35-45-102(90)122)71-106(100)125(108-73-86(72-107(124)109(108)121)123-103-46-36-31-41-91(103)92-42-32-37-47-104(92)123)111-95(87-38-28-33-43-97(87)119(22,23)24)68-84(118(19,20)21)69-96(111)88-59-57-80(114(7,8)9)70-98(88)120(25,26)27/h28-73H,1-27H3/i28D,29D,30D,31D,32D,33D,34D,35D,36D,37D,38D,39D,40D,41D,42D,43D,44D,45D,46D,47D,48D,49D,50D,51D,53D,54D,55D,56D,57D,59D,66D,67D,68D,69D,70D. The molecule has 0 saturated heterocycles. The minimum atomic E-state index is -1.58. The number of anilines is 6. The van der Waals surface area contributed by atoms with Gasteiger partial charge in [0.15, 0.2) is 0 Å². The lowest BCUT2D eigenvalue weighted by Crippen LogP contribution is -2.61. The second kappa shape index (κ2) is 29.5. The Morgan fingerprint density at radius 3 is 0.992 bits per heavy atom. The van der Waals surface area contributed by atoms with Gasteiger partial charge in [-0.25, -0.2) is 0 Å². The summed E-state index contributed by atoms with van der Waals surface area (Å²) in [4.78, 5) is 3.00. The first-order valence-electron chi connectivity index (χ1n) is 60.4. The number of hydrogen-bond donors (Lipinski definition) is 0. The van der Waals surface area contributed by atoms with E-state index in [4.69, 9.17) is 0 Å². The van der Waals surface area contributed by atoms with Crippen LogP contribution >= 0.6 is 0 Å². The topological polar surface area (TPSA) is 16.3 Å². The van der Waals surface area contributed by atoms with E-state index in [0.717, 1.165) is 11.1 Å². The van der Waals surface area contributed by atoms with E-state index >= 15 is 0 Å². The number of hydrogen-bond acceptors (Lipinski definition) is 2. The van der Waals surface area contributed by atoms with Gasteiger partial charge in [0.25, 0.3) is 6.71 Å². The van der Waals surface area contributed by atoms with Gasteiger partial charge in [-0.2, -0.15) is 0 Å². The summed E-state index contributed by atoms with van der Waals surface area (Å²) in [6, 6.07) is -6.83. The minimum absolute atomic E-state index is 0.00588. The quantitative estimate of drug-likeness (QED) is 0.134. The van der Waals surface area contributed by atoms with Gasteiger partial charge in [0.1, 0.15) is 0 Å². The molecule has 0 fully saturated rings. The molecule has 0 amide bonds. The summed E-state index contributed by atoms with van der Waals surface area (Å²) in [6.45, 7) is 46.5. The number of benzene rings is 14. The van der Waals surface area contributed by atoms with Crippen molar-refractivity contribution < 1.29 is 48.0 Å². The molecule has 630 valence electrons. The van der Waals surface area contributed by atoms with Gasteiger partial charge in [-0.05, 0) is 227 Å². The minimum Gasteiger partial charge on any atom is -0.310 e. The van der Waals surface area contributed by atoms with Crippen LogP contribution in [0.3, 0.4) is 0 Å². The molecule has 2 aliphatic heterocycles. The second-order valence-corrected chi connectivity index (χ2v) is 42.8. The second-order valence-electron chi connectivity index (χ2n) is 42.8. The van der Waals surface area contributed by atoms with E-state index in [9.17, 15) is 48.0 Å². The summed E-state index contributed by atoms with van der Waals surface area (Å²) in [5.41, 5.74) is -17.2. The van der Waals surface area contributed by atoms with E-state index in [2.05, 4.69) is 6.07 Å². The fourth-order valence-corrected chi connectivity index (χ4v) is 17.1. The normalized spacial score (nSPS) is 17.6. The van der Waals surface area contributed by atoms with E-state index in [1.54, 1.807) is 164 Å². The lowest BCUT2D eigenvalue weighted by atomic mass is 9.33. The first-order valence-corrected chi connectivity index (χ1v) is 42.9. The molecule has 0 aliphatic carbocycles. The molecular formula is C120H127BN4. The maximum absolute atomic E-state index is 12.0. The van der Waals surface area contributed by atoms with Crippen LogP contribution in [0.5, 0.6) is 0 Å². The van der Waals surface area contributed by atoms with Gasteiger partial charge < -0.3 is 18.9 Å². The lowest BCUT2D eigenvalue weighted by Gasteiger charge is -2.46. The van der Waals surface area contributed by atoms with Gasteiger partial charge in [-0.15, -0.1) is 0 Å². The van der Waals surface area contributed by atoms with Crippen LogP contribution in [0.4, 0.5) is 34.1 Å². The summed E-state index contributed by atoms with van der Waals surface area (Å²) >= 11 is 0. The summed E-state index contributed by atoms with van der Waals surface area (Å²) in [7, 11) is 0. The summed E-state index contributed by atoms with van der Waals surface area (Å²) in [5.74, 6) is 0. The Hall–Kier alpha value is -11.7. The molecular weight excluding hydrogens is 1510 g/mol. The van der Waals surface area contributed by atoms with E-state index < -0.39 is 350 Å². The molecule has 0 unspecified atom stereocenters. The molecule has 2 aromatic heterocycles. The van der Waals surface area contributed by atoms with Crippen LogP contribution < -0.4 is 26.2 Å². The monoisotopic (exact) mass is 1670 g/mol. The molecule has 0 spiro atoms. The van der Waals surface area contributed by atoms with Gasteiger partial charge in [0.2, 0.25) is 0 Å². The Morgan fingerprint density at radius 2 is 0.576 bits per heavy atom. The van der Waals surface area contributed by atoms with E-state index in [1.807, 2.05) is 59.7 Å². The van der Waals surface area contributed by atoms with Crippen molar-refractivity contribution in [2.24, 2.45) is 0 Å². The SMILES string of the molecule is [2H]c1c([2H])c([2H])c(C(C)(C)C)c(-c2c([2H])c(C(C)(C)C)c([2H])c(-c3c([2H])c([2H])c(C(C)(C)C)c([2H])c3C(C)(C)C)c2N2c3cc(-n4c5c([2H])c([2H])c([2H])c([2H])c5c5c([2H])c([2H])c([2H])c([2H])c54)ccc3B3c4ccc(-c5cc(C(C)(C)C)cc(C(C)(C)C)c5)cc4N(c4c(-c5c([2H])c([2H])c(C(C)(C)C)c([2H])c5[2H])c([2H])c(C(C)(C)C)c([2H])c4-c4c([2H])c([2H])c(C(C)(C)C)c([2H])c4[2H])c4cc(-n5c6c([2H])c([2H])c([2H])c([2H])c6c6c([2H])c([2H])c([2H])c([2H])c65)cc2c43)c1[2H]. The molecule has 14 aromatic carbocycles. The Labute approximate surface area is 795 Å². The number of rotatable bonds is 9. The maximum atomic E-state index is 12.0. The molecule has 0 atom stereocenters. The highest BCUT2D eigenvalue weighted by Gasteiger charge is 2.47. The molecule has 0 bridgehead atoms. The lowest BCUT2D eigenvalue weighted by molar-refractivity contribution is 0.568. The Kier molecular flexibility index (Phi) is 12.3. The van der Waals surface area contributed by atoms with Crippen LogP contribution in [0.15, 0.2) is 278 Å². The Morgan fingerprint density at radius 1 is 0.232 bits per heavy atom. The highest BCUT2D eigenvalue weighted by molar-refractivity contribution is 7.00. The molecule has 125 heavy (non-hydrogen) atoms. The van der Waals surface area contributed by atoms with Crippen molar-refractivity contribution in [1.29, 1.82) is 0 Å². The average molecular weight is 1670 g/mol. The van der Waals surface area contributed by atoms with Gasteiger partial charge in [0, 0.05) is 72.2 Å².